The number of nitrogens with zero attached hydrogens (tertiary/aromatic N) is 2. The van der Waals surface area contributed by atoms with E-state index in [0.717, 1.165) is 0 Å². The van der Waals surface area contributed by atoms with Crippen LogP contribution in [0.25, 0.3) is 0 Å². The Balaban J connectivity index is 2.18. The summed E-state index contributed by atoms with van der Waals surface area (Å²) in [5.74, 6) is -2.15. The zero-order valence-corrected chi connectivity index (χ0v) is 13.8. The zero-order valence-electron chi connectivity index (χ0n) is 13.0. The minimum atomic E-state index is -3.82. The lowest BCUT2D eigenvalue weighted by Gasteiger charge is -2.08. The first-order valence-corrected chi connectivity index (χ1v) is 8.82. The molecule has 6 nitrogen and oxygen atoms in total. The first kappa shape index (κ1) is 17.7. The van der Waals surface area contributed by atoms with Gasteiger partial charge in [0.15, 0.2) is 27.4 Å². The van der Waals surface area contributed by atoms with Crippen molar-refractivity contribution >= 4 is 27.1 Å². The van der Waals surface area contributed by atoms with E-state index in [0.29, 0.717) is 5.69 Å². The van der Waals surface area contributed by atoms with Crippen LogP contribution in [0.15, 0.2) is 75.8 Å². The molecule has 0 aliphatic rings. The maximum Gasteiger partial charge on any atom is 0.188 e. The van der Waals surface area contributed by atoms with Crippen molar-refractivity contribution in [3.63, 3.8) is 0 Å². The molecule has 2 rings (SSSR count). The van der Waals surface area contributed by atoms with Crippen LogP contribution in [-0.2, 0) is 19.4 Å². The van der Waals surface area contributed by atoms with Crippen molar-refractivity contribution in [3.05, 3.63) is 60.7 Å². The fraction of sp³-hybridized carbons (Fsp3) is 0.176. The van der Waals surface area contributed by atoms with Gasteiger partial charge in [0.2, 0.25) is 0 Å². The van der Waals surface area contributed by atoms with E-state index in [9.17, 15) is 18.0 Å². The van der Waals surface area contributed by atoms with Gasteiger partial charge in [0.25, 0.3) is 0 Å². The summed E-state index contributed by atoms with van der Waals surface area (Å²) in [4.78, 5) is 23.9. The van der Waals surface area contributed by atoms with E-state index in [1.165, 1.54) is 19.1 Å². The highest BCUT2D eigenvalue weighted by Gasteiger charge is 2.28. The van der Waals surface area contributed by atoms with E-state index >= 15 is 0 Å². The van der Waals surface area contributed by atoms with Crippen LogP contribution in [0.4, 0.5) is 5.69 Å². The Bertz CT molecular complexity index is 847. The molecule has 24 heavy (non-hydrogen) atoms. The molecule has 0 spiro atoms. The van der Waals surface area contributed by atoms with Gasteiger partial charge in [-0.15, -0.1) is 0 Å². The maximum absolute atomic E-state index is 12.2. The number of ketones is 2. The Morgan fingerprint density at radius 1 is 0.958 bits per heavy atom. The number of carbonyl (C=O) groups excluding carboxylic acids is 2. The number of hydrogen-bond donors (Lipinski definition) is 0. The largest absolute Gasteiger partial charge is 0.297 e. The summed E-state index contributed by atoms with van der Waals surface area (Å²) in [5.41, 5.74) is 0.475. The van der Waals surface area contributed by atoms with Crippen LogP contribution in [0.1, 0.15) is 6.92 Å². The molecular weight excluding hydrogens is 328 g/mol. The predicted molar refractivity (Wildman–Crippen MR) is 88.9 cm³/mol. The smallest absolute Gasteiger partial charge is 0.188 e. The monoisotopic (exact) mass is 344 g/mol. The fourth-order valence-electron chi connectivity index (χ4n) is 1.97. The molecule has 0 heterocycles. The Kier molecular flexibility index (Phi) is 5.70. The summed E-state index contributed by atoms with van der Waals surface area (Å²) < 4.78 is 24.5. The Morgan fingerprint density at radius 3 is 2.04 bits per heavy atom. The van der Waals surface area contributed by atoms with E-state index in [4.69, 9.17) is 0 Å². The number of sulfone groups is 1. The van der Waals surface area contributed by atoms with Gasteiger partial charge in [0.1, 0.15) is 5.75 Å². The van der Waals surface area contributed by atoms with Gasteiger partial charge in [0.05, 0.1) is 10.6 Å². The highest BCUT2D eigenvalue weighted by Crippen LogP contribution is 2.14. The second-order valence-corrected chi connectivity index (χ2v) is 7.09. The number of carbonyl (C=O) groups is 2. The molecule has 0 saturated carbocycles. The first-order chi connectivity index (χ1) is 11.4. The summed E-state index contributed by atoms with van der Waals surface area (Å²) in [7, 11) is -3.82. The third kappa shape index (κ3) is 4.66. The second-order valence-electron chi connectivity index (χ2n) is 5.10. The molecule has 0 fully saturated rings. The van der Waals surface area contributed by atoms with Crippen LogP contribution < -0.4 is 0 Å². The summed E-state index contributed by atoms with van der Waals surface area (Å²) in [6.45, 7) is 1.18. The van der Waals surface area contributed by atoms with Crippen molar-refractivity contribution in [3.8, 4) is 0 Å². The molecule has 0 aromatic heterocycles. The Labute approximate surface area is 140 Å². The van der Waals surface area contributed by atoms with Crippen LogP contribution in [0.5, 0.6) is 0 Å². The normalized spacial score (nSPS) is 12.9. The van der Waals surface area contributed by atoms with E-state index in [2.05, 4.69) is 10.2 Å². The molecule has 2 aromatic carbocycles. The quantitative estimate of drug-likeness (QED) is 0.570. The predicted octanol–water partition coefficient (Wildman–Crippen LogP) is 2.77. The molecular formula is C17H16N2O4S. The highest BCUT2D eigenvalue weighted by atomic mass is 32.2. The lowest BCUT2D eigenvalue weighted by Crippen LogP contribution is -2.31. The standard InChI is InChI=1S/C17H16N2O4S/c1-13(20)17(19-18-14-8-4-2-5-9-14)16(21)12-24(22,23)15-10-6-3-7-11-15/h2-11,17H,12H2,1H3/t17-/m0/s1. The average Bonchev–Trinajstić information content (AvgIpc) is 2.56. The van der Waals surface area contributed by atoms with Gasteiger partial charge in [-0.25, -0.2) is 8.42 Å². The summed E-state index contributed by atoms with van der Waals surface area (Å²) in [6.07, 6.45) is 0. The number of hydrogen-bond acceptors (Lipinski definition) is 6. The van der Waals surface area contributed by atoms with E-state index in [1.54, 1.807) is 48.5 Å². The first-order valence-electron chi connectivity index (χ1n) is 7.17. The molecule has 2 aromatic rings. The molecule has 7 heteroatoms. The molecule has 0 bridgehead atoms. The van der Waals surface area contributed by atoms with E-state index < -0.39 is 33.2 Å². The van der Waals surface area contributed by atoms with Crippen LogP contribution in [0.3, 0.4) is 0 Å². The van der Waals surface area contributed by atoms with E-state index in [1.807, 2.05) is 0 Å². The third-order valence-corrected chi connectivity index (χ3v) is 4.82. The third-order valence-electron chi connectivity index (χ3n) is 3.17. The number of Topliss-reactive ketones (excluding diaryl/α,β-unsaturated/α-hetero) is 2. The Hall–Kier alpha value is -2.67. The molecule has 124 valence electrons. The van der Waals surface area contributed by atoms with Crippen LogP contribution in [0, 0.1) is 0 Å². The van der Waals surface area contributed by atoms with Gasteiger partial charge < -0.3 is 0 Å². The SMILES string of the molecule is CC(=O)[C@H](N=Nc1ccccc1)C(=O)CS(=O)(=O)c1ccccc1. The fourth-order valence-corrected chi connectivity index (χ4v) is 3.24. The van der Waals surface area contributed by atoms with Crippen molar-refractivity contribution in [2.75, 3.05) is 5.75 Å². The zero-order chi connectivity index (χ0) is 17.6. The molecule has 0 aliphatic heterocycles. The van der Waals surface area contributed by atoms with E-state index in [-0.39, 0.29) is 4.90 Å². The van der Waals surface area contributed by atoms with Crippen molar-refractivity contribution in [1.29, 1.82) is 0 Å². The summed E-state index contributed by atoms with van der Waals surface area (Å²) in [6, 6.07) is 14.8. The number of azo groups is 1. The van der Waals surface area contributed by atoms with Crippen LogP contribution >= 0.6 is 0 Å². The van der Waals surface area contributed by atoms with Crippen LogP contribution in [0.2, 0.25) is 0 Å². The lowest BCUT2D eigenvalue weighted by atomic mass is 10.1. The highest BCUT2D eigenvalue weighted by molar-refractivity contribution is 7.92. The van der Waals surface area contributed by atoms with Crippen LogP contribution in [-0.4, -0.2) is 31.8 Å². The topological polar surface area (TPSA) is 93.0 Å². The minimum Gasteiger partial charge on any atom is -0.297 e. The van der Waals surface area contributed by atoms with Gasteiger partial charge in [0, 0.05) is 0 Å². The van der Waals surface area contributed by atoms with Gasteiger partial charge in [-0.2, -0.15) is 10.2 Å². The van der Waals surface area contributed by atoms with Gasteiger partial charge in [-0.05, 0) is 31.2 Å². The maximum atomic E-state index is 12.2. The summed E-state index contributed by atoms with van der Waals surface area (Å²) >= 11 is 0. The number of rotatable bonds is 7. The molecule has 0 amide bonds. The molecule has 0 radical (unpaired) electrons. The molecule has 0 N–H and O–H groups in total. The molecule has 0 saturated heterocycles. The van der Waals surface area contributed by atoms with Crippen molar-refractivity contribution in [1.82, 2.24) is 0 Å². The second kappa shape index (κ2) is 7.74. The Morgan fingerprint density at radius 2 is 1.50 bits per heavy atom. The summed E-state index contributed by atoms with van der Waals surface area (Å²) in [5, 5.41) is 7.57. The average molecular weight is 344 g/mol. The molecule has 0 aliphatic carbocycles. The van der Waals surface area contributed by atoms with Gasteiger partial charge >= 0.3 is 0 Å². The van der Waals surface area contributed by atoms with Crippen molar-refractivity contribution in [2.24, 2.45) is 10.2 Å². The minimum absolute atomic E-state index is 0.0284. The lowest BCUT2D eigenvalue weighted by molar-refractivity contribution is -0.126. The van der Waals surface area contributed by atoms with Gasteiger partial charge in [-0.1, -0.05) is 36.4 Å². The number of benzene rings is 2. The van der Waals surface area contributed by atoms with Gasteiger partial charge in [-0.3, -0.25) is 9.59 Å². The van der Waals surface area contributed by atoms with Crippen molar-refractivity contribution < 1.29 is 18.0 Å². The molecule has 0 unspecified atom stereocenters. The molecule has 1 atom stereocenters. The van der Waals surface area contributed by atoms with Crippen molar-refractivity contribution in [2.45, 2.75) is 17.9 Å².